The molecule has 1 saturated heterocycles. The van der Waals surface area contributed by atoms with Crippen molar-refractivity contribution in [2.45, 2.75) is 68.9 Å². The fourth-order valence-electron chi connectivity index (χ4n) is 4.88. The normalized spacial score (nSPS) is 21.6. The molecule has 12 heteroatoms. The molecule has 38 heavy (non-hydrogen) atoms. The highest BCUT2D eigenvalue weighted by Crippen LogP contribution is 2.43. The van der Waals surface area contributed by atoms with Gasteiger partial charge in [0, 0.05) is 12.1 Å². The number of carbonyl (C=O) groups excluding carboxylic acids is 1. The second kappa shape index (κ2) is 10.8. The lowest BCUT2D eigenvalue weighted by Crippen LogP contribution is -2.51. The molecule has 2 aromatic carbocycles. The van der Waals surface area contributed by atoms with E-state index >= 15 is 0 Å². The van der Waals surface area contributed by atoms with Gasteiger partial charge in [0.25, 0.3) is 0 Å². The van der Waals surface area contributed by atoms with Gasteiger partial charge in [-0.3, -0.25) is 9.69 Å². The molecule has 208 valence electrons. The summed E-state index contributed by atoms with van der Waals surface area (Å²) in [5.74, 6) is -1.81. The number of aliphatic hydroxyl groups excluding tert-OH is 2. The fourth-order valence-corrected chi connectivity index (χ4v) is 4.88. The molecule has 1 amide bonds. The number of rotatable bonds is 7. The van der Waals surface area contributed by atoms with Crippen molar-refractivity contribution in [1.29, 1.82) is 0 Å². The summed E-state index contributed by atoms with van der Waals surface area (Å²) in [5.41, 5.74) is -1.61. The SMILES string of the molecule is O=C(N[C@@H](c1ccc(C(F)(F)F)cc1F)C1CC1)[C@H]1CCCCN1C(O)c1cccc(C(O)C(F)(F)F)c1. The molecule has 3 N–H and O–H groups in total. The van der Waals surface area contributed by atoms with Gasteiger partial charge in [-0.15, -0.1) is 0 Å². The Morgan fingerprint density at radius 1 is 0.947 bits per heavy atom. The summed E-state index contributed by atoms with van der Waals surface area (Å²) in [7, 11) is 0. The van der Waals surface area contributed by atoms with E-state index < -0.39 is 59.6 Å². The van der Waals surface area contributed by atoms with Gasteiger partial charge in [0.1, 0.15) is 12.0 Å². The number of nitrogens with zero attached hydrogens (tertiary/aromatic N) is 1. The van der Waals surface area contributed by atoms with Gasteiger partial charge in [-0.1, -0.05) is 30.7 Å². The Hall–Kier alpha value is -2.70. The summed E-state index contributed by atoms with van der Waals surface area (Å²) in [6.07, 6.45) is -11.0. The molecule has 5 nitrogen and oxygen atoms in total. The predicted molar refractivity (Wildman–Crippen MR) is 122 cm³/mol. The van der Waals surface area contributed by atoms with Crippen molar-refractivity contribution in [1.82, 2.24) is 10.2 Å². The molecule has 0 radical (unpaired) electrons. The lowest BCUT2D eigenvalue weighted by molar-refractivity contribution is -0.206. The molecule has 2 fully saturated rings. The van der Waals surface area contributed by atoms with E-state index in [2.05, 4.69) is 5.32 Å². The number of hydrogen-bond acceptors (Lipinski definition) is 4. The highest BCUT2D eigenvalue weighted by atomic mass is 19.4. The molecule has 0 bridgehead atoms. The second-order valence-corrected chi connectivity index (χ2v) is 9.80. The number of alkyl halides is 6. The molecule has 1 saturated carbocycles. The summed E-state index contributed by atoms with van der Waals surface area (Å²) >= 11 is 0. The lowest BCUT2D eigenvalue weighted by Gasteiger charge is -2.39. The molecular formula is C26H27F7N2O3. The van der Waals surface area contributed by atoms with E-state index in [1.165, 1.54) is 17.0 Å². The van der Waals surface area contributed by atoms with Crippen LogP contribution in [0.15, 0.2) is 42.5 Å². The first-order valence-corrected chi connectivity index (χ1v) is 12.2. The summed E-state index contributed by atoms with van der Waals surface area (Å²) in [4.78, 5) is 14.8. The predicted octanol–water partition coefficient (Wildman–Crippen LogP) is 5.55. The molecule has 2 unspecified atom stereocenters. The van der Waals surface area contributed by atoms with Crippen LogP contribution < -0.4 is 5.32 Å². The average molecular weight is 548 g/mol. The zero-order valence-electron chi connectivity index (χ0n) is 20.1. The number of likely N-dealkylation sites (tertiary alicyclic amines) is 1. The van der Waals surface area contributed by atoms with Crippen LogP contribution in [0, 0.1) is 11.7 Å². The molecule has 0 spiro atoms. The van der Waals surface area contributed by atoms with E-state index in [1.807, 2.05) is 0 Å². The lowest BCUT2D eigenvalue weighted by atomic mass is 9.96. The average Bonchev–Trinajstić information content (AvgIpc) is 3.71. The first-order valence-electron chi connectivity index (χ1n) is 12.2. The van der Waals surface area contributed by atoms with Crippen LogP contribution in [0.3, 0.4) is 0 Å². The van der Waals surface area contributed by atoms with Gasteiger partial charge in [-0.25, -0.2) is 4.39 Å². The van der Waals surface area contributed by atoms with E-state index in [-0.39, 0.29) is 23.6 Å². The fraction of sp³-hybridized carbons (Fsp3) is 0.500. The maximum atomic E-state index is 14.7. The van der Waals surface area contributed by atoms with Crippen LogP contribution in [0.4, 0.5) is 30.7 Å². The van der Waals surface area contributed by atoms with Crippen molar-refractivity contribution in [2.24, 2.45) is 5.92 Å². The van der Waals surface area contributed by atoms with Gasteiger partial charge >= 0.3 is 12.4 Å². The minimum absolute atomic E-state index is 0.0537. The quantitative estimate of drug-likeness (QED) is 0.397. The van der Waals surface area contributed by atoms with Gasteiger partial charge in [-0.05, 0) is 60.9 Å². The van der Waals surface area contributed by atoms with Gasteiger partial charge in [0.2, 0.25) is 5.91 Å². The highest BCUT2D eigenvalue weighted by molar-refractivity contribution is 5.82. The maximum absolute atomic E-state index is 14.7. The molecule has 2 aromatic rings. The third-order valence-electron chi connectivity index (χ3n) is 7.05. The summed E-state index contributed by atoms with van der Waals surface area (Å²) in [6.45, 7) is 0.244. The van der Waals surface area contributed by atoms with Crippen molar-refractivity contribution in [3.8, 4) is 0 Å². The zero-order chi connectivity index (χ0) is 27.8. The van der Waals surface area contributed by atoms with E-state index in [9.17, 15) is 45.7 Å². The van der Waals surface area contributed by atoms with Crippen LogP contribution in [-0.2, 0) is 11.0 Å². The molecule has 2 aliphatic rings. The van der Waals surface area contributed by atoms with Crippen LogP contribution in [-0.4, -0.2) is 39.8 Å². The molecule has 1 aliphatic carbocycles. The number of nitrogens with one attached hydrogen (secondary N) is 1. The first kappa shape index (κ1) is 28.3. The number of hydrogen-bond donors (Lipinski definition) is 3. The molecule has 0 aromatic heterocycles. The van der Waals surface area contributed by atoms with E-state index in [0.717, 1.165) is 24.3 Å². The largest absolute Gasteiger partial charge is 0.418 e. The van der Waals surface area contributed by atoms with Crippen molar-refractivity contribution in [3.05, 3.63) is 70.5 Å². The van der Waals surface area contributed by atoms with Gasteiger partial charge < -0.3 is 15.5 Å². The number of carbonyl (C=O) groups is 1. The third kappa shape index (κ3) is 6.29. The number of benzene rings is 2. The van der Waals surface area contributed by atoms with Gasteiger partial charge in [0.15, 0.2) is 6.10 Å². The Bertz CT molecular complexity index is 1150. The van der Waals surface area contributed by atoms with Crippen LogP contribution >= 0.6 is 0 Å². The number of aliphatic hydroxyl groups is 2. The molecule has 1 aliphatic heterocycles. The van der Waals surface area contributed by atoms with E-state index in [1.54, 1.807) is 0 Å². The monoisotopic (exact) mass is 548 g/mol. The van der Waals surface area contributed by atoms with Crippen molar-refractivity contribution in [3.63, 3.8) is 0 Å². The van der Waals surface area contributed by atoms with Crippen molar-refractivity contribution in [2.75, 3.05) is 6.54 Å². The summed E-state index contributed by atoms with van der Waals surface area (Å²) in [5, 5.41) is 23.3. The molecule has 4 rings (SSSR count). The highest BCUT2D eigenvalue weighted by Gasteiger charge is 2.42. The second-order valence-electron chi connectivity index (χ2n) is 9.80. The Labute approximate surface area is 214 Å². The maximum Gasteiger partial charge on any atom is 0.418 e. The van der Waals surface area contributed by atoms with E-state index in [0.29, 0.717) is 38.2 Å². The van der Waals surface area contributed by atoms with Gasteiger partial charge in [0.05, 0.1) is 17.6 Å². The summed E-state index contributed by atoms with van der Waals surface area (Å²) in [6, 6.07) is 5.15. The summed E-state index contributed by atoms with van der Waals surface area (Å²) < 4.78 is 92.6. The minimum atomic E-state index is -4.90. The zero-order valence-corrected chi connectivity index (χ0v) is 20.1. The van der Waals surface area contributed by atoms with Gasteiger partial charge in [-0.2, -0.15) is 26.3 Å². The molecular weight excluding hydrogens is 521 g/mol. The van der Waals surface area contributed by atoms with Crippen molar-refractivity contribution >= 4 is 5.91 Å². The number of piperidine rings is 1. The van der Waals surface area contributed by atoms with Crippen LogP contribution in [0.5, 0.6) is 0 Å². The molecule has 1 heterocycles. The van der Waals surface area contributed by atoms with Crippen molar-refractivity contribution < 1.29 is 45.7 Å². The topological polar surface area (TPSA) is 72.8 Å². The standard InChI is InChI=1S/C26H27F7N2O3/c27-19-13-17(25(28,29)30)9-10-18(19)21(14-7-8-14)34-23(37)20-6-1-2-11-35(20)24(38)16-5-3-4-15(12-16)22(36)26(31,32)33/h3-5,9-10,12-14,20-22,24,36,38H,1-2,6-8,11H2,(H,34,37)/t20-,21-,22?,24?/m1/s1. The van der Waals surface area contributed by atoms with Crippen LogP contribution in [0.25, 0.3) is 0 Å². The Morgan fingerprint density at radius 3 is 2.24 bits per heavy atom. The first-order chi connectivity index (χ1) is 17.8. The third-order valence-corrected chi connectivity index (χ3v) is 7.05. The Kier molecular flexibility index (Phi) is 8.06. The Balaban J connectivity index is 1.54. The minimum Gasteiger partial charge on any atom is -0.379 e. The van der Waals surface area contributed by atoms with Crippen LogP contribution in [0.1, 0.15) is 72.7 Å². The smallest absolute Gasteiger partial charge is 0.379 e. The van der Waals surface area contributed by atoms with E-state index in [4.69, 9.17) is 0 Å². The number of halogens is 7. The number of amides is 1. The van der Waals surface area contributed by atoms with Crippen LogP contribution in [0.2, 0.25) is 0 Å². The Morgan fingerprint density at radius 2 is 1.63 bits per heavy atom. The molecule has 4 atom stereocenters.